The van der Waals surface area contributed by atoms with Crippen LogP contribution < -0.4 is 0 Å². The van der Waals surface area contributed by atoms with E-state index >= 15 is 0 Å². The van der Waals surface area contributed by atoms with Crippen LogP contribution in [-0.4, -0.2) is 24.3 Å². The van der Waals surface area contributed by atoms with Crippen molar-refractivity contribution in [2.45, 2.75) is 0 Å². The lowest BCUT2D eigenvalue weighted by Crippen LogP contribution is -2.00. The smallest absolute Gasteiger partial charge is 0.164 e. The van der Waals surface area contributed by atoms with E-state index in [4.69, 9.17) is 19.9 Å². The summed E-state index contributed by atoms with van der Waals surface area (Å²) >= 11 is 0. The summed E-state index contributed by atoms with van der Waals surface area (Å²) in [4.78, 5) is 19.5. The van der Waals surface area contributed by atoms with Gasteiger partial charge >= 0.3 is 0 Å². The summed E-state index contributed by atoms with van der Waals surface area (Å²) in [6.07, 6.45) is 0. The molecule has 0 saturated carbocycles. The van der Waals surface area contributed by atoms with Gasteiger partial charge in [0.2, 0.25) is 0 Å². The predicted molar refractivity (Wildman–Crippen MR) is 191 cm³/mol. The molecule has 5 nitrogen and oxygen atoms in total. The van der Waals surface area contributed by atoms with Crippen LogP contribution in [0.1, 0.15) is 0 Å². The molecule has 0 unspecified atom stereocenters. The first-order valence-electron chi connectivity index (χ1n) is 15.6. The van der Waals surface area contributed by atoms with E-state index in [9.17, 15) is 0 Å². The third-order valence-electron chi connectivity index (χ3n) is 8.62. The molecular weight excluding hydrogens is 574 g/mol. The van der Waals surface area contributed by atoms with Crippen LogP contribution in [0.15, 0.2) is 164 Å². The number of nitrogens with zero attached hydrogens (tertiary/aromatic N) is 5. The first kappa shape index (κ1) is 26.9. The van der Waals surface area contributed by atoms with Gasteiger partial charge in [0.25, 0.3) is 0 Å². The van der Waals surface area contributed by atoms with Crippen molar-refractivity contribution in [2.24, 2.45) is 0 Å². The second-order valence-electron chi connectivity index (χ2n) is 11.6. The minimum absolute atomic E-state index is 0.642. The van der Waals surface area contributed by atoms with Crippen LogP contribution >= 0.6 is 0 Å². The standard InChI is InChI=1S/C42H27N5/c1-3-11-28(12-4-1)40-44-41(29-13-5-2-6-14-29)46-42(45-40)35-18-10-17-32(27-35)30-15-9-16-31(25-30)33-21-23-37-34(26-33)22-24-39-43-36-19-7-8-20-38(36)47(37)39/h1-27H. The number of fused-ring (bicyclic) bond motifs is 5. The van der Waals surface area contributed by atoms with Crippen molar-refractivity contribution in [3.05, 3.63) is 164 Å². The number of pyridine rings is 1. The average molecular weight is 602 g/mol. The highest BCUT2D eigenvalue weighted by Crippen LogP contribution is 2.32. The maximum absolute atomic E-state index is 4.94. The number of hydrogen-bond acceptors (Lipinski definition) is 4. The summed E-state index contributed by atoms with van der Waals surface area (Å²) in [5.74, 6) is 1.95. The summed E-state index contributed by atoms with van der Waals surface area (Å²) in [6.45, 7) is 0. The van der Waals surface area contributed by atoms with Crippen molar-refractivity contribution in [1.29, 1.82) is 0 Å². The Morgan fingerprint density at radius 2 is 0.830 bits per heavy atom. The monoisotopic (exact) mass is 601 g/mol. The molecule has 0 spiro atoms. The predicted octanol–water partition coefficient (Wildman–Crippen LogP) is 10.2. The molecule has 0 aliphatic carbocycles. The SMILES string of the molecule is c1ccc(-c2nc(-c3ccccc3)nc(-c3cccc(-c4cccc(-c5ccc6c(ccc7nc8ccccc8n76)c5)c4)c3)n2)cc1. The van der Waals surface area contributed by atoms with Crippen molar-refractivity contribution in [2.75, 3.05) is 0 Å². The molecule has 3 aromatic heterocycles. The van der Waals surface area contributed by atoms with E-state index in [1.807, 2.05) is 66.7 Å². The summed E-state index contributed by atoms with van der Waals surface area (Å²) in [6, 6.07) is 56.5. The molecule has 0 bridgehead atoms. The zero-order valence-corrected chi connectivity index (χ0v) is 25.3. The zero-order valence-electron chi connectivity index (χ0n) is 25.3. The van der Waals surface area contributed by atoms with Gasteiger partial charge in [0, 0.05) is 16.7 Å². The van der Waals surface area contributed by atoms with Crippen LogP contribution in [0.2, 0.25) is 0 Å². The van der Waals surface area contributed by atoms with E-state index in [-0.39, 0.29) is 0 Å². The molecule has 220 valence electrons. The Hall–Kier alpha value is -6.46. The zero-order chi connectivity index (χ0) is 31.2. The number of para-hydroxylation sites is 2. The average Bonchev–Trinajstić information content (AvgIpc) is 3.54. The highest BCUT2D eigenvalue weighted by Gasteiger charge is 2.14. The van der Waals surface area contributed by atoms with E-state index in [2.05, 4.69) is 101 Å². The lowest BCUT2D eigenvalue weighted by Gasteiger charge is -2.11. The minimum atomic E-state index is 0.642. The fourth-order valence-corrected chi connectivity index (χ4v) is 6.30. The third-order valence-corrected chi connectivity index (χ3v) is 8.62. The fraction of sp³-hybridized carbons (Fsp3) is 0. The van der Waals surface area contributed by atoms with Gasteiger partial charge in [-0.15, -0.1) is 0 Å². The molecule has 5 heteroatoms. The fourth-order valence-electron chi connectivity index (χ4n) is 6.30. The van der Waals surface area contributed by atoms with Gasteiger partial charge < -0.3 is 0 Å². The van der Waals surface area contributed by atoms with Crippen molar-refractivity contribution < 1.29 is 0 Å². The van der Waals surface area contributed by atoms with Crippen LogP contribution in [0.25, 0.3) is 84.0 Å². The molecule has 0 aliphatic rings. The maximum atomic E-state index is 4.94. The van der Waals surface area contributed by atoms with Crippen LogP contribution in [0.5, 0.6) is 0 Å². The van der Waals surface area contributed by atoms with Gasteiger partial charge in [-0.05, 0) is 76.2 Å². The Labute approximate surface area is 271 Å². The molecule has 9 aromatic rings. The highest BCUT2D eigenvalue weighted by atomic mass is 15.0. The van der Waals surface area contributed by atoms with Crippen LogP contribution in [0, 0.1) is 0 Å². The van der Waals surface area contributed by atoms with Crippen LogP contribution in [-0.2, 0) is 0 Å². The second kappa shape index (κ2) is 11.2. The Morgan fingerprint density at radius 3 is 1.49 bits per heavy atom. The third kappa shape index (κ3) is 4.91. The molecular formula is C42H27N5. The molecule has 0 amide bonds. The molecule has 9 rings (SSSR count). The van der Waals surface area contributed by atoms with Crippen LogP contribution in [0.4, 0.5) is 0 Å². The van der Waals surface area contributed by atoms with Gasteiger partial charge in [-0.2, -0.15) is 0 Å². The first-order chi connectivity index (χ1) is 23.3. The summed E-state index contributed by atoms with van der Waals surface area (Å²) in [5.41, 5.74) is 11.6. The maximum Gasteiger partial charge on any atom is 0.164 e. The normalized spacial score (nSPS) is 11.4. The van der Waals surface area contributed by atoms with E-state index < -0.39 is 0 Å². The quantitative estimate of drug-likeness (QED) is 0.197. The Morgan fingerprint density at radius 1 is 0.319 bits per heavy atom. The highest BCUT2D eigenvalue weighted by molar-refractivity contribution is 5.93. The number of rotatable bonds is 5. The van der Waals surface area contributed by atoms with Crippen molar-refractivity contribution in [3.63, 3.8) is 0 Å². The molecule has 0 fully saturated rings. The number of imidazole rings is 1. The van der Waals surface area contributed by atoms with Gasteiger partial charge in [0.15, 0.2) is 17.5 Å². The second-order valence-corrected chi connectivity index (χ2v) is 11.6. The van der Waals surface area contributed by atoms with Crippen molar-refractivity contribution >= 4 is 27.6 Å². The lowest BCUT2D eigenvalue weighted by molar-refractivity contribution is 1.07. The van der Waals surface area contributed by atoms with Crippen molar-refractivity contribution in [1.82, 2.24) is 24.3 Å². The van der Waals surface area contributed by atoms with Crippen LogP contribution in [0.3, 0.4) is 0 Å². The number of aromatic nitrogens is 5. The van der Waals surface area contributed by atoms with Gasteiger partial charge in [-0.25, -0.2) is 19.9 Å². The molecule has 3 heterocycles. The summed E-state index contributed by atoms with van der Waals surface area (Å²) in [5, 5.41) is 1.17. The summed E-state index contributed by atoms with van der Waals surface area (Å²) < 4.78 is 2.24. The Balaban J connectivity index is 1.11. The molecule has 0 saturated heterocycles. The van der Waals surface area contributed by atoms with E-state index in [0.717, 1.165) is 61.1 Å². The van der Waals surface area contributed by atoms with E-state index in [1.54, 1.807) is 0 Å². The van der Waals surface area contributed by atoms with Gasteiger partial charge in [-0.3, -0.25) is 4.40 Å². The first-order valence-corrected chi connectivity index (χ1v) is 15.6. The molecule has 0 aliphatic heterocycles. The molecule has 47 heavy (non-hydrogen) atoms. The minimum Gasteiger partial charge on any atom is -0.292 e. The molecule has 6 aromatic carbocycles. The lowest BCUT2D eigenvalue weighted by atomic mass is 9.97. The molecule has 0 radical (unpaired) electrons. The van der Waals surface area contributed by atoms with E-state index in [0.29, 0.717) is 17.5 Å². The van der Waals surface area contributed by atoms with Gasteiger partial charge in [-0.1, -0.05) is 115 Å². The van der Waals surface area contributed by atoms with Gasteiger partial charge in [0.05, 0.1) is 16.6 Å². The summed E-state index contributed by atoms with van der Waals surface area (Å²) in [7, 11) is 0. The van der Waals surface area contributed by atoms with Crippen molar-refractivity contribution in [3.8, 4) is 56.4 Å². The number of hydrogen-bond donors (Lipinski definition) is 0. The Bertz CT molecular complexity index is 2510. The Kier molecular flexibility index (Phi) is 6.39. The number of benzene rings is 6. The topological polar surface area (TPSA) is 56.0 Å². The molecule has 0 atom stereocenters. The molecule has 0 N–H and O–H groups in total. The van der Waals surface area contributed by atoms with Gasteiger partial charge in [0.1, 0.15) is 5.65 Å². The van der Waals surface area contributed by atoms with E-state index in [1.165, 1.54) is 5.39 Å². The largest absolute Gasteiger partial charge is 0.292 e.